The number of unbranched alkanes of at least 4 members (excludes halogenated alkanes) is 3. The van der Waals surface area contributed by atoms with Gasteiger partial charge in [-0.1, -0.05) is 44.7 Å². The average Bonchev–Trinajstić information content (AvgIpc) is 3.03. The van der Waals surface area contributed by atoms with Gasteiger partial charge in [0.15, 0.2) is 0 Å². The maximum absolute atomic E-state index is 11.2. The smallest absolute Gasteiger partial charge is 0.308 e. The van der Waals surface area contributed by atoms with Crippen LogP contribution in [0.3, 0.4) is 0 Å². The molecular weight excluding hydrogens is 290 g/mol. The molecule has 0 radical (unpaired) electrons. The predicted octanol–water partition coefficient (Wildman–Crippen LogP) is 3.99. The molecule has 128 valence electrons. The number of carbonyl (C=O) groups is 1. The van der Waals surface area contributed by atoms with Crippen molar-refractivity contribution in [2.75, 3.05) is 6.61 Å². The number of aliphatic carboxylic acids is 1. The molecule has 0 heterocycles. The van der Waals surface area contributed by atoms with E-state index in [0.29, 0.717) is 6.54 Å². The van der Waals surface area contributed by atoms with Crippen LogP contribution in [0.1, 0.15) is 57.4 Å². The zero-order chi connectivity index (χ0) is 16.5. The summed E-state index contributed by atoms with van der Waals surface area (Å²) in [5.74, 6) is 0.00192. The molecule has 4 nitrogen and oxygen atoms in total. The van der Waals surface area contributed by atoms with E-state index in [1.807, 2.05) is 12.1 Å². The van der Waals surface area contributed by atoms with Crippen LogP contribution in [-0.2, 0) is 11.3 Å². The Balaban J connectivity index is 1.71. The molecule has 0 aromatic heterocycles. The van der Waals surface area contributed by atoms with Crippen molar-refractivity contribution in [2.45, 2.75) is 64.5 Å². The summed E-state index contributed by atoms with van der Waals surface area (Å²) >= 11 is 0. The molecule has 2 atom stereocenters. The molecule has 1 aromatic rings. The predicted molar refractivity (Wildman–Crippen MR) is 91.7 cm³/mol. The lowest BCUT2D eigenvalue weighted by Crippen LogP contribution is -2.35. The Hall–Kier alpha value is -1.55. The standard InChI is InChI=1S/C19H29NO3/c1-2-3-4-5-13-23-16-11-9-15(10-12-16)14-20-18-8-6-7-17(18)19(21)22/h9-12,17-18,20H,2-8,13-14H2,1H3,(H,21,22). The van der Waals surface area contributed by atoms with Crippen LogP contribution in [0.4, 0.5) is 0 Å². The van der Waals surface area contributed by atoms with Crippen LogP contribution in [0.5, 0.6) is 5.75 Å². The molecule has 2 N–H and O–H groups in total. The summed E-state index contributed by atoms with van der Waals surface area (Å²) in [5.41, 5.74) is 1.17. The highest BCUT2D eigenvalue weighted by molar-refractivity contribution is 5.71. The van der Waals surface area contributed by atoms with E-state index in [2.05, 4.69) is 24.4 Å². The Morgan fingerprint density at radius 1 is 1.22 bits per heavy atom. The zero-order valence-corrected chi connectivity index (χ0v) is 14.1. The Kier molecular flexibility index (Phi) is 7.40. The molecule has 1 fully saturated rings. The lowest BCUT2D eigenvalue weighted by molar-refractivity contribution is -0.142. The van der Waals surface area contributed by atoms with Gasteiger partial charge in [-0.3, -0.25) is 4.79 Å². The van der Waals surface area contributed by atoms with Crippen molar-refractivity contribution in [2.24, 2.45) is 5.92 Å². The molecule has 1 saturated carbocycles. The highest BCUT2D eigenvalue weighted by Crippen LogP contribution is 2.26. The molecule has 0 amide bonds. The second-order valence-electron chi connectivity index (χ2n) is 6.42. The molecule has 1 aromatic carbocycles. The largest absolute Gasteiger partial charge is 0.494 e. The SMILES string of the molecule is CCCCCCOc1ccc(CNC2CCCC2C(=O)O)cc1. The van der Waals surface area contributed by atoms with Gasteiger partial charge in [-0.2, -0.15) is 0 Å². The lowest BCUT2D eigenvalue weighted by atomic mass is 10.0. The molecule has 0 spiro atoms. The third-order valence-corrected chi connectivity index (χ3v) is 4.59. The summed E-state index contributed by atoms with van der Waals surface area (Å²) in [4.78, 5) is 11.2. The first-order valence-electron chi connectivity index (χ1n) is 8.88. The normalized spacial score (nSPS) is 20.6. The summed E-state index contributed by atoms with van der Waals surface area (Å²) in [6.07, 6.45) is 7.59. The Bertz CT molecular complexity index is 472. The van der Waals surface area contributed by atoms with Crippen molar-refractivity contribution < 1.29 is 14.6 Å². The van der Waals surface area contributed by atoms with Gasteiger partial charge in [0, 0.05) is 12.6 Å². The van der Waals surface area contributed by atoms with Crippen LogP contribution in [0.2, 0.25) is 0 Å². The van der Waals surface area contributed by atoms with Crippen molar-refractivity contribution in [1.29, 1.82) is 0 Å². The van der Waals surface area contributed by atoms with E-state index in [9.17, 15) is 9.90 Å². The van der Waals surface area contributed by atoms with Gasteiger partial charge >= 0.3 is 5.97 Å². The van der Waals surface area contributed by atoms with E-state index in [1.54, 1.807) is 0 Å². The highest BCUT2D eigenvalue weighted by atomic mass is 16.5. The molecule has 4 heteroatoms. The maximum Gasteiger partial charge on any atom is 0.308 e. The summed E-state index contributed by atoms with van der Waals surface area (Å²) in [5, 5.41) is 12.6. The van der Waals surface area contributed by atoms with E-state index in [0.717, 1.165) is 38.0 Å². The van der Waals surface area contributed by atoms with Gasteiger partial charge in [-0.25, -0.2) is 0 Å². The molecular formula is C19H29NO3. The van der Waals surface area contributed by atoms with Crippen LogP contribution in [0.25, 0.3) is 0 Å². The highest BCUT2D eigenvalue weighted by Gasteiger charge is 2.32. The number of hydrogen-bond donors (Lipinski definition) is 2. The minimum Gasteiger partial charge on any atom is -0.494 e. The zero-order valence-electron chi connectivity index (χ0n) is 14.1. The molecule has 2 rings (SSSR count). The van der Waals surface area contributed by atoms with E-state index >= 15 is 0 Å². The van der Waals surface area contributed by atoms with E-state index < -0.39 is 5.97 Å². The van der Waals surface area contributed by atoms with Crippen LogP contribution >= 0.6 is 0 Å². The van der Waals surface area contributed by atoms with E-state index in [4.69, 9.17) is 4.74 Å². The first-order valence-corrected chi connectivity index (χ1v) is 8.88. The van der Waals surface area contributed by atoms with Crippen LogP contribution in [0.15, 0.2) is 24.3 Å². The fourth-order valence-electron chi connectivity index (χ4n) is 3.17. The monoisotopic (exact) mass is 319 g/mol. The average molecular weight is 319 g/mol. The molecule has 0 bridgehead atoms. The number of nitrogens with one attached hydrogen (secondary N) is 1. The van der Waals surface area contributed by atoms with Crippen molar-refractivity contribution >= 4 is 5.97 Å². The number of ether oxygens (including phenoxy) is 1. The Morgan fingerprint density at radius 3 is 2.70 bits per heavy atom. The number of hydrogen-bond acceptors (Lipinski definition) is 3. The van der Waals surface area contributed by atoms with E-state index in [1.165, 1.54) is 24.8 Å². The number of carboxylic acid groups (broad SMARTS) is 1. The van der Waals surface area contributed by atoms with Gasteiger partial charge in [-0.15, -0.1) is 0 Å². The number of benzene rings is 1. The molecule has 23 heavy (non-hydrogen) atoms. The van der Waals surface area contributed by atoms with Gasteiger partial charge in [0.1, 0.15) is 5.75 Å². The van der Waals surface area contributed by atoms with Crippen molar-refractivity contribution in [3.05, 3.63) is 29.8 Å². The first kappa shape index (κ1) is 17.8. The van der Waals surface area contributed by atoms with Crippen LogP contribution < -0.4 is 10.1 Å². The molecule has 1 aliphatic carbocycles. The third-order valence-electron chi connectivity index (χ3n) is 4.59. The summed E-state index contributed by atoms with van der Waals surface area (Å²) in [6, 6.07) is 8.21. The topological polar surface area (TPSA) is 58.6 Å². The van der Waals surface area contributed by atoms with Gasteiger partial charge in [0.05, 0.1) is 12.5 Å². The molecule has 0 aliphatic heterocycles. The van der Waals surface area contributed by atoms with Crippen molar-refractivity contribution in [3.8, 4) is 5.75 Å². The third kappa shape index (κ3) is 5.87. The fourth-order valence-corrected chi connectivity index (χ4v) is 3.17. The maximum atomic E-state index is 11.2. The summed E-state index contributed by atoms with van der Waals surface area (Å²) < 4.78 is 5.74. The minimum absolute atomic E-state index is 0.0991. The summed E-state index contributed by atoms with van der Waals surface area (Å²) in [6.45, 7) is 3.70. The Labute approximate surface area is 139 Å². The van der Waals surface area contributed by atoms with Crippen molar-refractivity contribution in [1.82, 2.24) is 5.32 Å². The van der Waals surface area contributed by atoms with Crippen LogP contribution in [-0.4, -0.2) is 23.7 Å². The second kappa shape index (κ2) is 9.56. The van der Waals surface area contributed by atoms with Crippen LogP contribution in [0, 0.1) is 5.92 Å². The minimum atomic E-state index is -0.674. The lowest BCUT2D eigenvalue weighted by Gasteiger charge is -2.17. The van der Waals surface area contributed by atoms with Crippen molar-refractivity contribution in [3.63, 3.8) is 0 Å². The van der Waals surface area contributed by atoms with Gasteiger partial charge in [-0.05, 0) is 37.0 Å². The molecule has 0 saturated heterocycles. The number of rotatable bonds is 10. The van der Waals surface area contributed by atoms with E-state index in [-0.39, 0.29) is 12.0 Å². The Morgan fingerprint density at radius 2 is 2.00 bits per heavy atom. The van der Waals surface area contributed by atoms with Gasteiger partial charge in [0.2, 0.25) is 0 Å². The fraction of sp³-hybridized carbons (Fsp3) is 0.632. The van der Waals surface area contributed by atoms with Gasteiger partial charge < -0.3 is 15.2 Å². The van der Waals surface area contributed by atoms with Gasteiger partial charge in [0.25, 0.3) is 0 Å². The quantitative estimate of drug-likeness (QED) is 0.640. The number of carboxylic acids is 1. The molecule has 1 aliphatic rings. The first-order chi connectivity index (χ1) is 11.2. The second-order valence-corrected chi connectivity index (χ2v) is 6.42. The summed E-state index contributed by atoms with van der Waals surface area (Å²) in [7, 11) is 0. The molecule has 2 unspecified atom stereocenters.